The van der Waals surface area contributed by atoms with Crippen molar-refractivity contribution in [1.29, 1.82) is 0 Å². The third-order valence-corrected chi connectivity index (χ3v) is 6.03. The van der Waals surface area contributed by atoms with Crippen molar-refractivity contribution in [2.45, 2.75) is 12.5 Å². The summed E-state index contributed by atoms with van der Waals surface area (Å²) < 4.78 is 0.972. The SMILES string of the molecule is O=C(c1ccc(Br)cc1)N1CCc2c([nH]c3ccccc23)[C@H]1c1ccccc1. The molecule has 4 aromatic rings. The van der Waals surface area contributed by atoms with Crippen LogP contribution in [0.2, 0.25) is 0 Å². The zero-order chi connectivity index (χ0) is 19.1. The first-order chi connectivity index (χ1) is 13.7. The number of hydrogen-bond acceptors (Lipinski definition) is 1. The minimum atomic E-state index is -0.117. The second-order valence-electron chi connectivity index (χ2n) is 7.13. The van der Waals surface area contributed by atoms with Crippen molar-refractivity contribution in [2.75, 3.05) is 6.54 Å². The molecule has 1 N–H and O–H groups in total. The number of nitrogens with one attached hydrogen (secondary N) is 1. The number of H-pyrrole nitrogens is 1. The summed E-state index contributed by atoms with van der Waals surface area (Å²) in [4.78, 5) is 19.0. The molecule has 0 aliphatic carbocycles. The van der Waals surface area contributed by atoms with Gasteiger partial charge in [0.25, 0.3) is 5.91 Å². The number of rotatable bonds is 2. The van der Waals surface area contributed by atoms with Crippen molar-refractivity contribution in [3.8, 4) is 0 Å². The Morgan fingerprint density at radius 2 is 1.64 bits per heavy atom. The zero-order valence-electron chi connectivity index (χ0n) is 15.2. The molecular weight excluding hydrogens is 412 g/mol. The monoisotopic (exact) mass is 430 g/mol. The molecule has 1 aliphatic rings. The predicted molar refractivity (Wildman–Crippen MR) is 115 cm³/mol. The van der Waals surface area contributed by atoms with E-state index in [9.17, 15) is 4.79 Å². The van der Waals surface area contributed by atoms with Crippen LogP contribution in [0.4, 0.5) is 0 Å². The molecule has 0 saturated heterocycles. The molecule has 0 bridgehead atoms. The number of aromatic amines is 1. The number of benzene rings is 3. The van der Waals surface area contributed by atoms with Gasteiger partial charge in [0, 0.05) is 33.2 Å². The first kappa shape index (κ1) is 17.3. The first-order valence-electron chi connectivity index (χ1n) is 9.43. The van der Waals surface area contributed by atoms with Crippen molar-refractivity contribution in [3.63, 3.8) is 0 Å². The van der Waals surface area contributed by atoms with E-state index in [1.54, 1.807) is 0 Å². The fraction of sp³-hybridized carbons (Fsp3) is 0.125. The van der Waals surface area contributed by atoms with E-state index in [1.807, 2.05) is 53.4 Å². The molecule has 4 heteroatoms. The molecule has 28 heavy (non-hydrogen) atoms. The Bertz CT molecular complexity index is 1150. The molecule has 138 valence electrons. The van der Waals surface area contributed by atoms with E-state index >= 15 is 0 Å². The van der Waals surface area contributed by atoms with Crippen molar-refractivity contribution in [3.05, 3.63) is 106 Å². The largest absolute Gasteiger partial charge is 0.356 e. The van der Waals surface area contributed by atoms with Crippen LogP contribution in [0.3, 0.4) is 0 Å². The minimum Gasteiger partial charge on any atom is -0.356 e. The number of para-hydroxylation sites is 1. The molecule has 1 aliphatic heterocycles. The van der Waals surface area contributed by atoms with E-state index in [-0.39, 0.29) is 11.9 Å². The highest BCUT2D eigenvalue weighted by Crippen LogP contribution is 2.39. The maximum absolute atomic E-state index is 13.4. The van der Waals surface area contributed by atoms with Crippen LogP contribution in [0.5, 0.6) is 0 Å². The van der Waals surface area contributed by atoms with Gasteiger partial charge in [-0.25, -0.2) is 0 Å². The van der Waals surface area contributed by atoms with Crippen molar-refractivity contribution in [1.82, 2.24) is 9.88 Å². The van der Waals surface area contributed by atoms with E-state index in [0.29, 0.717) is 12.1 Å². The summed E-state index contributed by atoms with van der Waals surface area (Å²) >= 11 is 3.45. The van der Waals surface area contributed by atoms with Gasteiger partial charge in [0.2, 0.25) is 0 Å². The molecule has 1 amide bonds. The van der Waals surface area contributed by atoms with Crippen molar-refractivity contribution < 1.29 is 4.79 Å². The summed E-state index contributed by atoms with van der Waals surface area (Å²) in [6.07, 6.45) is 0.852. The van der Waals surface area contributed by atoms with Gasteiger partial charge in [-0.15, -0.1) is 0 Å². The van der Waals surface area contributed by atoms with Gasteiger partial charge in [0.05, 0.1) is 6.04 Å². The lowest BCUT2D eigenvalue weighted by Gasteiger charge is -2.36. The van der Waals surface area contributed by atoms with Crippen LogP contribution in [-0.2, 0) is 6.42 Å². The van der Waals surface area contributed by atoms with Crippen LogP contribution in [0.25, 0.3) is 10.9 Å². The molecule has 3 nitrogen and oxygen atoms in total. The number of aromatic nitrogens is 1. The van der Waals surface area contributed by atoms with E-state index < -0.39 is 0 Å². The highest BCUT2D eigenvalue weighted by molar-refractivity contribution is 9.10. The Balaban J connectivity index is 1.65. The Hall–Kier alpha value is -2.85. The van der Waals surface area contributed by atoms with Gasteiger partial charge in [-0.05, 0) is 47.9 Å². The Kier molecular flexibility index (Phi) is 4.29. The lowest BCUT2D eigenvalue weighted by molar-refractivity contribution is 0.0692. The summed E-state index contributed by atoms with van der Waals surface area (Å²) in [5, 5.41) is 1.26. The first-order valence-corrected chi connectivity index (χ1v) is 10.2. The van der Waals surface area contributed by atoms with Gasteiger partial charge in [-0.1, -0.05) is 64.5 Å². The van der Waals surface area contributed by atoms with Crippen LogP contribution < -0.4 is 0 Å². The maximum Gasteiger partial charge on any atom is 0.254 e. The van der Waals surface area contributed by atoms with E-state index in [0.717, 1.165) is 27.7 Å². The number of carbonyl (C=O) groups is 1. The number of fused-ring (bicyclic) bond motifs is 3. The van der Waals surface area contributed by atoms with Crippen molar-refractivity contribution >= 4 is 32.7 Å². The zero-order valence-corrected chi connectivity index (χ0v) is 16.8. The summed E-state index contributed by atoms with van der Waals surface area (Å²) in [5.74, 6) is 0.0608. The lowest BCUT2D eigenvalue weighted by atomic mass is 9.92. The van der Waals surface area contributed by atoms with Gasteiger partial charge in [-0.2, -0.15) is 0 Å². The fourth-order valence-electron chi connectivity index (χ4n) is 4.20. The summed E-state index contributed by atoms with van der Waals surface area (Å²) in [7, 11) is 0. The van der Waals surface area contributed by atoms with Crippen LogP contribution in [0.15, 0.2) is 83.3 Å². The quantitative estimate of drug-likeness (QED) is 0.433. The van der Waals surface area contributed by atoms with Crippen LogP contribution in [0.1, 0.15) is 33.2 Å². The van der Waals surface area contributed by atoms with E-state index in [2.05, 4.69) is 51.2 Å². The third kappa shape index (κ3) is 2.85. The number of nitrogens with zero attached hydrogens (tertiary/aromatic N) is 1. The fourth-order valence-corrected chi connectivity index (χ4v) is 4.46. The summed E-state index contributed by atoms with van der Waals surface area (Å²) in [6, 6.07) is 26.2. The molecule has 3 aromatic carbocycles. The van der Waals surface area contributed by atoms with Crippen LogP contribution in [-0.4, -0.2) is 22.3 Å². The van der Waals surface area contributed by atoms with Gasteiger partial charge in [-0.3, -0.25) is 4.79 Å². The average Bonchev–Trinajstić information content (AvgIpc) is 3.12. The third-order valence-electron chi connectivity index (χ3n) is 5.50. The van der Waals surface area contributed by atoms with Crippen LogP contribution in [0, 0.1) is 0 Å². The molecule has 5 rings (SSSR count). The average molecular weight is 431 g/mol. The van der Waals surface area contributed by atoms with Gasteiger partial charge in [0.1, 0.15) is 0 Å². The summed E-state index contributed by atoms with van der Waals surface area (Å²) in [6.45, 7) is 0.698. The second-order valence-corrected chi connectivity index (χ2v) is 8.05. The molecule has 1 aromatic heterocycles. The van der Waals surface area contributed by atoms with Crippen molar-refractivity contribution in [2.24, 2.45) is 0 Å². The van der Waals surface area contributed by atoms with Gasteiger partial charge < -0.3 is 9.88 Å². The van der Waals surface area contributed by atoms with E-state index in [1.165, 1.54) is 10.9 Å². The molecule has 0 fully saturated rings. The molecule has 0 saturated carbocycles. The number of hydrogen-bond donors (Lipinski definition) is 1. The summed E-state index contributed by atoms with van der Waals surface area (Å²) in [5.41, 5.74) is 5.42. The van der Waals surface area contributed by atoms with Gasteiger partial charge >= 0.3 is 0 Å². The highest BCUT2D eigenvalue weighted by atomic mass is 79.9. The maximum atomic E-state index is 13.4. The Labute approximate surface area is 172 Å². The molecule has 2 heterocycles. The Morgan fingerprint density at radius 3 is 2.43 bits per heavy atom. The standard InChI is InChI=1S/C24H19BrN2O/c25-18-12-10-17(11-13-18)24(28)27-15-14-20-19-8-4-5-9-21(19)26-22(20)23(27)16-6-2-1-3-7-16/h1-13,23,26H,14-15H2/t23-/m1/s1. The van der Waals surface area contributed by atoms with Crippen LogP contribution >= 0.6 is 15.9 Å². The highest BCUT2D eigenvalue weighted by Gasteiger charge is 2.34. The second kappa shape index (κ2) is 6.95. The molecule has 1 atom stereocenters. The predicted octanol–water partition coefficient (Wildman–Crippen LogP) is 5.72. The molecule has 0 spiro atoms. The normalized spacial score (nSPS) is 16.2. The van der Waals surface area contributed by atoms with Gasteiger partial charge in [0.15, 0.2) is 0 Å². The molecule has 0 radical (unpaired) electrons. The molecular formula is C24H19BrN2O. The number of carbonyl (C=O) groups excluding carboxylic acids is 1. The number of amides is 1. The topological polar surface area (TPSA) is 36.1 Å². The number of halogens is 1. The smallest absolute Gasteiger partial charge is 0.254 e. The Morgan fingerprint density at radius 1 is 0.929 bits per heavy atom. The lowest BCUT2D eigenvalue weighted by Crippen LogP contribution is -2.40. The molecule has 0 unspecified atom stereocenters. The minimum absolute atomic E-state index is 0.0608. The van der Waals surface area contributed by atoms with E-state index in [4.69, 9.17) is 0 Å².